The Balaban J connectivity index is 2.77. The number of Topliss-reactive ketones (excluding diaryl/α,β-unsaturated/α-hetero) is 1. The summed E-state index contributed by atoms with van der Waals surface area (Å²) >= 11 is 0. The van der Waals surface area contributed by atoms with Crippen LogP contribution in [0.15, 0.2) is 24.3 Å². The first-order valence-corrected chi connectivity index (χ1v) is 6.30. The van der Waals surface area contributed by atoms with Crippen molar-refractivity contribution in [1.82, 2.24) is 9.55 Å². The number of hydrogen-bond donors (Lipinski definition) is 0. The highest BCUT2D eigenvalue weighted by molar-refractivity contribution is 5.84. The average Bonchev–Trinajstić information content (AvgIpc) is 2.66. The lowest BCUT2D eigenvalue weighted by Crippen LogP contribution is -2.23. The van der Waals surface area contributed by atoms with Gasteiger partial charge in [-0.1, -0.05) is 32.9 Å². The van der Waals surface area contributed by atoms with Gasteiger partial charge in [0.1, 0.15) is 5.82 Å². The van der Waals surface area contributed by atoms with Crippen LogP contribution in [0.4, 0.5) is 0 Å². The van der Waals surface area contributed by atoms with Crippen LogP contribution in [0, 0.1) is 0 Å². The molecule has 0 amide bonds. The third-order valence-electron chi connectivity index (χ3n) is 3.24. The number of rotatable bonds is 2. The molecular formula is C15H20N2O. The van der Waals surface area contributed by atoms with E-state index in [-0.39, 0.29) is 17.2 Å². The Bertz CT molecular complexity index is 590. The molecule has 1 aromatic heterocycles. The topological polar surface area (TPSA) is 34.9 Å². The molecule has 2 aromatic rings. The Morgan fingerprint density at radius 2 is 1.89 bits per heavy atom. The van der Waals surface area contributed by atoms with E-state index in [1.54, 1.807) is 6.92 Å². The fourth-order valence-corrected chi connectivity index (χ4v) is 2.15. The third kappa shape index (κ3) is 2.05. The minimum atomic E-state index is -0.174. The molecule has 0 spiro atoms. The minimum Gasteiger partial charge on any atom is -0.317 e. The van der Waals surface area contributed by atoms with Crippen molar-refractivity contribution < 1.29 is 4.79 Å². The molecule has 3 nitrogen and oxygen atoms in total. The number of imidazole rings is 1. The number of nitrogens with zero attached hydrogens (tertiary/aromatic N) is 2. The van der Waals surface area contributed by atoms with Crippen LogP contribution in [0.25, 0.3) is 11.0 Å². The first kappa shape index (κ1) is 12.8. The molecule has 0 aliphatic carbocycles. The van der Waals surface area contributed by atoms with Crippen LogP contribution in [0.5, 0.6) is 0 Å². The minimum absolute atomic E-state index is 0.0806. The maximum absolute atomic E-state index is 11.7. The van der Waals surface area contributed by atoms with E-state index in [1.807, 2.05) is 31.2 Å². The second-order valence-electron chi connectivity index (χ2n) is 5.83. The summed E-state index contributed by atoms with van der Waals surface area (Å²) < 4.78 is 2.07. The standard InChI is InChI=1S/C15H20N2O/c1-10(11(2)18)17-13-9-7-6-8-12(13)16-14(17)15(3,4)5/h6-10H,1-5H3. The maximum Gasteiger partial charge on any atom is 0.152 e. The number of benzene rings is 1. The number of para-hydroxylation sites is 2. The molecule has 3 heteroatoms. The molecule has 0 N–H and O–H groups in total. The monoisotopic (exact) mass is 244 g/mol. The Kier molecular flexibility index (Phi) is 3.01. The molecule has 18 heavy (non-hydrogen) atoms. The Morgan fingerprint density at radius 3 is 2.44 bits per heavy atom. The van der Waals surface area contributed by atoms with Gasteiger partial charge < -0.3 is 4.57 Å². The van der Waals surface area contributed by atoms with Gasteiger partial charge in [0.2, 0.25) is 0 Å². The maximum atomic E-state index is 11.7. The molecule has 1 heterocycles. The van der Waals surface area contributed by atoms with E-state index in [1.165, 1.54) is 0 Å². The average molecular weight is 244 g/mol. The van der Waals surface area contributed by atoms with E-state index >= 15 is 0 Å². The van der Waals surface area contributed by atoms with E-state index in [0.717, 1.165) is 16.9 Å². The van der Waals surface area contributed by atoms with Crippen LogP contribution in [0.2, 0.25) is 0 Å². The first-order chi connectivity index (χ1) is 8.32. The van der Waals surface area contributed by atoms with Crippen molar-refractivity contribution in [3.05, 3.63) is 30.1 Å². The number of carbonyl (C=O) groups is 1. The predicted molar refractivity (Wildman–Crippen MR) is 73.8 cm³/mol. The Morgan fingerprint density at radius 1 is 1.28 bits per heavy atom. The zero-order valence-electron chi connectivity index (χ0n) is 11.7. The summed E-state index contributed by atoms with van der Waals surface area (Å²) in [7, 11) is 0. The molecule has 0 bridgehead atoms. The van der Waals surface area contributed by atoms with Gasteiger partial charge in [-0.3, -0.25) is 4.79 Å². The lowest BCUT2D eigenvalue weighted by molar-refractivity contribution is -0.119. The van der Waals surface area contributed by atoms with Crippen LogP contribution in [0.1, 0.15) is 46.5 Å². The van der Waals surface area contributed by atoms with E-state index in [0.29, 0.717) is 0 Å². The molecule has 0 saturated carbocycles. The summed E-state index contributed by atoms with van der Waals surface area (Å²) in [6.45, 7) is 9.93. The second-order valence-corrected chi connectivity index (χ2v) is 5.83. The fourth-order valence-electron chi connectivity index (χ4n) is 2.15. The van der Waals surface area contributed by atoms with Crippen molar-refractivity contribution in [3.63, 3.8) is 0 Å². The number of fused-ring (bicyclic) bond motifs is 1. The molecule has 96 valence electrons. The summed E-state index contributed by atoms with van der Waals surface area (Å²) in [6, 6.07) is 7.81. The van der Waals surface area contributed by atoms with Gasteiger partial charge in [0.05, 0.1) is 17.1 Å². The molecule has 0 saturated heterocycles. The molecule has 1 unspecified atom stereocenters. The highest BCUT2D eigenvalue weighted by Crippen LogP contribution is 2.29. The van der Waals surface area contributed by atoms with Crippen LogP contribution in [-0.4, -0.2) is 15.3 Å². The SMILES string of the molecule is CC(=O)C(C)n1c(C(C)(C)C)nc2ccccc21. The van der Waals surface area contributed by atoms with Gasteiger partial charge in [-0.2, -0.15) is 0 Å². The van der Waals surface area contributed by atoms with Crippen molar-refractivity contribution in [2.24, 2.45) is 0 Å². The molecule has 0 aliphatic heterocycles. The van der Waals surface area contributed by atoms with Crippen molar-refractivity contribution in [2.75, 3.05) is 0 Å². The molecule has 1 atom stereocenters. The number of carbonyl (C=O) groups excluding carboxylic acids is 1. The van der Waals surface area contributed by atoms with Crippen LogP contribution in [0.3, 0.4) is 0 Å². The smallest absolute Gasteiger partial charge is 0.152 e. The quantitative estimate of drug-likeness (QED) is 0.810. The molecule has 2 rings (SSSR count). The second kappa shape index (κ2) is 4.23. The van der Waals surface area contributed by atoms with Gasteiger partial charge in [-0.05, 0) is 26.0 Å². The number of aromatic nitrogens is 2. The lowest BCUT2D eigenvalue weighted by atomic mass is 9.95. The summed E-state index contributed by atoms with van der Waals surface area (Å²) in [6.07, 6.45) is 0. The van der Waals surface area contributed by atoms with Crippen molar-refractivity contribution in [3.8, 4) is 0 Å². The summed E-state index contributed by atoms with van der Waals surface area (Å²) in [5.41, 5.74) is 1.91. The largest absolute Gasteiger partial charge is 0.317 e. The van der Waals surface area contributed by atoms with Crippen molar-refractivity contribution >= 4 is 16.8 Å². The normalized spacial score (nSPS) is 13.8. The highest BCUT2D eigenvalue weighted by Gasteiger charge is 2.26. The van der Waals surface area contributed by atoms with E-state index < -0.39 is 0 Å². The van der Waals surface area contributed by atoms with Gasteiger partial charge >= 0.3 is 0 Å². The number of hydrogen-bond acceptors (Lipinski definition) is 2. The van der Waals surface area contributed by atoms with Gasteiger partial charge in [-0.25, -0.2) is 4.98 Å². The predicted octanol–water partition coefficient (Wildman–Crippen LogP) is 3.48. The molecule has 1 aromatic carbocycles. The van der Waals surface area contributed by atoms with Crippen LogP contribution < -0.4 is 0 Å². The van der Waals surface area contributed by atoms with Gasteiger partial charge in [0.15, 0.2) is 5.78 Å². The Labute approximate surface area is 108 Å². The van der Waals surface area contributed by atoms with Crippen LogP contribution >= 0.6 is 0 Å². The molecule has 0 radical (unpaired) electrons. The lowest BCUT2D eigenvalue weighted by Gasteiger charge is -2.23. The summed E-state index contributed by atoms with van der Waals surface area (Å²) in [5, 5.41) is 0. The van der Waals surface area contributed by atoms with E-state index in [4.69, 9.17) is 4.98 Å². The van der Waals surface area contributed by atoms with Crippen molar-refractivity contribution in [2.45, 2.75) is 46.1 Å². The zero-order valence-corrected chi connectivity index (χ0v) is 11.7. The van der Waals surface area contributed by atoms with Crippen molar-refractivity contribution in [1.29, 1.82) is 0 Å². The van der Waals surface area contributed by atoms with Gasteiger partial charge in [-0.15, -0.1) is 0 Å². The molecule has 0 aliphatic rings. The van der Waals surface area contributed by atoms with Gasteiger partial charge in [0.25, 0.3) is 0 Å². The number of ketones is 1. The molecular weight excluding hydrogens is 224 g/mol. The Hall–Kier alpha value is -1.64. The summed E-state index contributed by atoms with van der Waals surface area (Å²) in [5.74, 6) is 1.12. The zero-order chi connectivity index (χ0) is 13.5. The van der Waals surface area contributed by atoms with E-state index in [2.05, 4.69) is 25.3 Å². The summed E-state index contributed by atoms with van der Waals surface area (Å²) in [4.78, 5) is 16.4. The van der Waals surface area contributed by atoms with Gasteiger partial charge in [0, 0.05) is 5.41 Å². The first-order valence-electron chi connectivity index (χ1n) is 6.30. The van der Waals surface area contributed by atoms with Crippen LogP contribution in [-0.2, 0) is 10.2 Å². The third-order valence-corrected chi connectivity index (χ3v) is 3.24. The highest BCUT2D eigenvalue weighted by atomic mass is 16.1. The molecule has 0 fully saturated rings. The fraction of sp³-hybridized carbons (Fsp3) is 0.467. The van der Waals surface area contributed by atoms with E-state index in [9.17, 15) is 4.79 Å².